The Morgan fingerprint density at radius 1 is 1.12 bits per heavy atom. The highest BCUT2D eigenvalue weighted by Crippen LogP contribution is 2.45. The van der Waals surface area contributed by atoms with Gasteiger partial charge < -0.3 is 0 Å². The summed E-state index contributed by atoms with van der Waals surface area (Å²) in [4.78, 5) is 9.45. The van der Waals surface area contributed by atoms with Crippen LogP contribution >= 0.6 is 28.4 Å². The molecule has 0 saturated heterocycles. The second kappa shape index (κ2) is 8.34. The van der Waals surface area contributed by atoms with Crippen molar-refractivity contribution in [2.24, 2.45) is 0 Å². The third-order valence-electron chi connectivity index (χ3n) is 6.44. The minimum atomic E-state index is -0.288. The van der Waals surface area contributed by atoms with Gasteiger partial charge in [-0.2, -0.15) is 5.10 Å². The number of hydrogen-bond acceptors (Lipinski definition) is 3. The lowest BCUT2D eigenvalue weighted by Gasteiger charge is -2.11. The van der Waals surface area contributed by atoms with Gasteiger partial charge in [0.25, 0.3) is 0 Å². The zero-order chi connectivity index (χ0) is 23.6. The van der Waals surface area contributed by atoms with E-state index in [-0.39, 0.29) is 17.6 Å². The van der Waals surface area contributed by atoms with Gasteiger partial charge in [0.15, 0.2) is 5.65 Å². The van der Waals surface area contributed by atoms with E-state index >= 15 is 4.39 Å². The molecule has 3 aromatic heterocycles. The summed E-state index contributed by atoms with van der Waals surface area (Å²) in [5, 5.41) is 4.84. The molecule has 3 heterocycles. The lowest BCUT2D eigenvalue weighted by Crippen LogP contribution is -1.98. The Kier molecular flexibility index (Phi) is 5.41. The number of fused-ring (bicyclic) bond motifs is 2. The van der Waals surface area contributed by atoms with E-state index in [1.165, 1.54) is 6.07 Å². The van der Waals surface area contributed by atoms with Crippen molar-refractivity contribution < 1.29 is 8.78 Å². The van der Waals surface area contributed by atoms with E-state index in [1.807, 2.05) is 47.1 Å². The van der Waals surface area contributed by atoms with Gasteiger partial charge in [0.2, 0.25) is 0 Å². The summed E-state index contributed by atoms with van der Waals surface area (Å²) in [6.07, 6.45) is 7.69. The van der Waals surface area contributed by atoms with Crippen LogP contribution in [0, 0.1) is 11.6 Å². The smallest absolute Gasteiger partial charge is 0.156 e. The maximum Gasteiger partial charge on any atom is 0.156 e. The number of aromatic nitrogens is 5. The van der Waals surface area contributed by atoms with Gasteiger partial charge >= 0.3 is 0 Å². The van der Waals surface area contributed by atoms with Crippen LogP contribution in [0.2, 0.25) is 0 Å². The SMILES string of the molecule is CC(C)c1cc(-c2cn3c(-c4ccc5c(cnn5PI)c4F)c(C4CC4)nc3cn2)ccc1F. The fourth-order valence-electron chi connectivity index (χ4n) is 4.49. The predicted octanol–water partition coefficient (Wildman–Crippen LogP) is 7.48. The number of rotatable bonds is 5. The van der Waals surface area contributed by atoms with E-state index < -0.39 is 0 Å². The topological polar surface area (TPSA) is 48.0 Å². The van der Waals surface area contributed by atoms with Crippen molar-refractivity contribution in [3.8, 4) is 22.5 Å². The summed E-state index contributed by atoms with van der Waals surface area (Å²) in [6.45, 7) is 3.93. The van der Waals surface area contributed by atoms with E-state index in [2.05, 4.69) is 32.1 Å². The van der Waals surface area contributed by atoms with Crippen LogP contribution in [-0.4, -0.2) is 23.9 Å². The summed E-state index contributed by atoms with van der Waals surface area (Å²) in [5.41, 5.74) is 5.79. The first kappa shape index (κ1) is 22.0. The van der Waals surface area contributed by atoms with Crippen LogP contribution < -0.4 is 0 Å². The molecule has 172 valence electrons. The monoisotopic (exact) mass is 587 g/mol. The van der Waals surface area contributed by atoms with E-state index in [9.17, 15) is 4.39 Å². The highest BCUT2D eigenvalue weighted by molar-refractivity contribution is 14.2. The predicted molar refractivity (Wildman–Crippen MR) is 141 cm³/mol. The minimum absolute atomic E-state index is 0.0545. The van der Waals surface area contributed by atoms with Gasteiger partial charge in [-0.25, -0.2) is 18.2 Å². The van der Waals surface area contributed by atoms with E-state index in [1.54, 1.807) is 18.5 Å². The molecule has 5 aromatic rings. The number of hydrogen-bond donors (Lipinski definition) is 0. The quantitative estimate of drug-likeness (QED) is 0.158. The molecule has 1 atom stereocenters. The number of imidazole rings is 1. The Morgan fingerprint density at radius 3 is 2.68 bits per heavy atom. The van der Waals surface area contributed by atoms with Crippen molar-refractivity contribution >= 4 is 45.0 Å². The van der Waals surface area contributed by atoms with Crippen molar-refractivity contribution in [3.05, 3.63) is 71.8 Å². The number of benzene rings is 2. The van der Waals surface area contributed by atoms with Crippen molar-refractivity contribution in [2.75, 3.05) is 0 Å². The Bertz CT molecular complexity index is 1570. The van der Waals surface area contributed by atoms with Gasteiger partial charge in [-0.1, -0.05) is 13.8 Å². The molecule has 2 aromatic carbocycles. The molecule has 9 heteroatoms. The van der Waals surface area contributed by atoms with Crippen LogP contribution in [0.5, 0.6) is 0 Å². The highest BCUT2D eigenvalue weighted by atomic mass is 127. The zero-order valence-corrected chi connectivity index (χ0v) is 21.7. The van der Waals surface area contributed by atoms with Crippen LogP contribution in [0.4, 0.5) is 8.78 Å². The third-order valence-corrected chi connectivity index (χ3v) is 8.32. The lowest BCUT2D eigenvalue weighted by atomic mass is 9.99. The van der Waals surface area contributed by atoms with Gasteiger partial charge in [0, 0.05) is 23.2 Å². The van der Waals surface area contributed by atoms with Gasteiger partial charge in [-0.3, -0.25) is 9.38 Å². The fourth-order valence-corrected chi connectivity index (χ4v) is 6.04. The van der Waals surface area contributed by atoms with Crippen LogP contribution in [0.3, 0.4) is 0 Å². The Hall–Kier alpha value is -2.45. The van der Waals surface area contributed by atoms with Crippen molar-refractivity contribution in [1.29, 1.82) is 0 Å². The molecule has 0 N–H and O–H groups in total. The summed E-state index contributed by atoms with van der Waals surface area (Å²) >= 11 is 2.24. The zero-order valence-electron chi connectivity index (χ0n) is 18.6. The summed E-state index contributed by atoms with van der Waals surface area (Å²) in [5.74, 6) is -0.129. The largest absolute Gasteiger partial charge is 0.296 e. The van der Waals surface area contributed by atoms with Gasteiger partial charge in [0.05, 0.1) is 46.8 Å². The second-order valence-corrected chi connectivity index (χ2v) is 11.1. The van der Waals surface area contributed by atoms with Gasteiger partial charge in [0.1, 0.15) is 11.6 Å². The average Bonchev–Trinajstić information content (AvgIpc) is 3.48. The first-order valence-electron chi connectivity index (χ1n) is 11.2. The summed E-state index contributed by atoms with van der Waals surface area (Å²) < 4.78 is 33.9. The molecule has 1 fully saturated rings. The summed E-state index contributed by atoms with van der Waals surface area (Å²) in [7, 11) is 0. The second-order valence-electron chi connectivity index (χ2n) is 9.01. The number of nitrogens with zero attached hydrogens (tertiary/aromatic N) is 5. The average molecular weight is 587 g/mol. The molecule has 1 saturated carbocycles. The van der Waals surface area contributed by atoms with Crippen molar-refractivity contribution in [3.63, 3.8) is 0 Å². The Morgan fingerprint density at radius 2 is 1.94 bits per heavy atom. The molecule has 0 bridgehead atoms. The molecule has 1 unspecified atom stereocenters. The molecule has 0 amide bonds. The first-order valence-corrected chi connectivity index (χ1v) is 15.2. The molecule has 0 aliphatic heterocycles. The van der Waals surface area contributed by atoms with E-state index in [0.29, 0.717) is 40.1 Å². The van der Waals surface area contributed by atoms with E-state index in [4.69, 9.17) is 4.98 Å². The normalized spacial score (nSPS) is 14.4. The summed E-state index contributed by atoms with van der Waals surface area (Å²) in [6, 6.07) is 8.83. The van der Waals surface area contributed by atoms with Gasteiger partial charge in [-0.15, -0.1) is 0 Å². The lowest BCUT2D eigenvalue weighted by molar-refractivity contribution is 0.598. The molecular formula is C25H21F2IN5P. The standard InChI is InChI=1S/C25H21F2IN5P/c1-13(2)17-9-15(5-7-19(17)26)20-12-32-22(11-29-20)31-24(14-3-4-14)25(32)16-6-8-21-18(23(16)27)10-30-33(21)34-28/h5-14,34H,3-4H2,1-2H3. The van der Waals surface area contributed by atoms with Crippen LogP contribution in [-0.2, 0) is 0 Å². The van der Waals surface area contributed by atoms with Crippen molar-refractivity contribution in [2.45, 2.75) is 38.5 Å². The molecule has 1 aliphatic carbocycles. The maximum atomic E-state index is 15.8. The first-order chi connectivity index (χ1) is 16.5. The molecule has 5 nitrogen and oxygen atoms in total. The molecule has 0 spiro atoms. The minimum Gasteiger partial charge on any atom is -0.296 e. The Labute approximate surface area is 209 Å². The van der Waals surface area contributed by atoms with Crippen molar-refractivity contribution in [1.82, 2.24) is 23.9 Å². The fraction of sp³-hybridized carbons (Fsp3) is 0.240. The van der Waals surface area contributed by atoms with Gasteiger partial charge in [-0.05, 0) is 76.7 Å². The molecule has 0 radical (unpaired) electrons. The molecule has 1 aliphatic rings. The maximum absolute atomic E-state index is 15.8. The molecule has 6 rings (SSSR count). The Balaban J connectivity index is 1.57. The van der Waals surface area contributed by atoms with Crippen LogP contribution in [0.15, 0.2) is 48.9 Å². The van der Waals surface area contributed by atoms with Crippen LogP contribution in [0.1, 0.15) is 49.8 Å². The molecular weight excluding hydrogens is 566 g/mol. The number of halogens is 3. The molecule has 34 heavy (non-hydrogen) atoms. The third kappa shape index (κ3) is 3.53. The van der Waals surface area contributed by atoms with Crippen LogP contribution in [0.25, 0.3) is 39.1 Å². The van der Waals surface area contributed by atoms with E-state index in [0.717, 1.165) is 35.3 Å². The highest BCUT2D eigenvalue weighted by Gasteiger charge is 2.32.